The summed E-state index contributed by atoms with van der Waals surface area (Å²) in [5, 5.41) is 17.2. The zero-order valence-electron chi connectivity index (χ0n) is 32.0. The first-order chi connectivity index (χ1) is 22.5. The number of hydrazine groups is 1. The molecule has 2 atom stereocenters. The first-order valence-electron chi connectivity index (χ1n) is 17.6. The van der Waals surface area contributed by atoms with Gasteiger partial charge in [0, 0.05) is 31.2 Å². The van der Waals surface area contributed by atoms with Crippen molar-refractivity contribution in [3.63, 3.8) is 0 Å². The first kappa shape index (κ1) is 46.4. The Hall–Kier alpha value is -2.73. The number of carbonyl (C=O) groups excluding carboxylic acids is 2. The first-order valence-corrected chi connectivity index (χ1v) is 18.4. The number of allylic oxidation sites excluding steroid dienone is 2. The van der Waals surface area contributed by atoms with Crippen LogP contribution in [0.15, 0.2) is 41.6 Å². The van der Waals surface area contributed by atoms with Crippen molar-refractivity contribution in [3.05, 3.63) is 52.7 Å². The van der Waals surface area contributed by atoms with Crippen LogP contribution in [0.5, 0.6) is 0 Å². The van der Waals surface area contributed by atoms with E-state index >= 15 is 0 Å². The molecule has 0 aromatic heterocycles. The Kier molecular flexibility index (Phi) is 27.9. The summed E-state index contributed by atoms with van der Waals surface area (Å²) in [5.74, 6) is 4.55. The second-order valence-electron chi connectivity index (χ2n) is 12.0. The van der Waals surface area contributed by atoms with Crippen LogP contribution in [0.25, 0.3) is 4.91 Å². The lowest BCUT2D eigenvalue weighted by molar-refractivity contribution is -0.131. The number of rotatable bonds is 12. The quantitative estimate of drug-likeness (QED) is 0.117. The topological polar surface area (TPSA) is 84.9 Å². The average molecular weight is 673 g/mol. The van der Waals surface area contributed by atoms with E-state index in [2.05, 4.69) is 81.8 Å². The normalized spacial score (nSPS) is 15.3. The molecule has 1 heterocycles. The van der Waals surface area contributed by atoms with E-state index in [1.807, 2.05) is 65.7 Å². The summed E-state index contributed by atoms with van der Waals surface area (Å²) in [7, 11) is 1.85. The maximum atomic E-state index is 12.2. The summed E-state index contributed by atoms with van der Waals surface area (Å²) in [6.07, 6.45) is 8.03. The highest BCUT2D eigenvalue weighted by atomic mass is 32.2. The van der Waals surface area contributed by atoms with Gasteiger partial charge in [-0.05, 0) is 98.9 Å². The Labute approximate surface area is 293 Å². The SMILES string of the molecule is CC.CC.CC#CSC(=C(C)C)c1ccc(C(C)NC=O)cc1.CC(C)C.CCC/C(=C\N(CC(=O)N1CCC(O)C1)NC)C1CC1. The van der Waals surface area contributed by atoms with E-state index in [4.69, 9.17) is 0 Å². The minimum absolute atomic E-state index is 0.0322. The van der Waals surface area contributed by atoms with E-state index in [0.717, 1.165) is 42.2 Å². The molecule has 0 spiro atoms. The van der Waals surface area contributed by atoms with Crippen LogP contribution in [0.1, 0.15) is 132 Å². The van der Waals surface area contributed by atoms with Crippen molar-refractivity contribution >= 4 is 29.0 Å². The number of hydrogen-bond acceptors (Lipinski definition) is 6. The predicted octanol–water partition coefficient (Wildman–Crippen LogP) is 8.78. The summed E-state index contributed by atoms with van der Waals surface area (Å²) in [6, 6.07) is 8.26. The van der Waals surface area contributed by atoms with Gasteiger partial charge in [0.05, 0.1) is 12.1 Å². The number of benzene rings is 1. The molecule has 1 aliphatic carbocycles. The van der Waals surface area contributed by atoms with Crippen LogP contribution in [-0.4, -0.2) is 60.1 Å². The van der Waals surface area contributed by atoms with E-state index in [-0.39, 0.29) is 18.1 Å². The lowest BCUT2D eigenvalue weighted by atomic mass is 10.0. The van der Waals surface area contributed by atoms with E-state index < -0.39 is 0 Å². The molecule has 0 radical (unpaired) electrons. The number of β-amino-alcohol motifs (C(OH)–C–C–N with tert-alkyl or cyclic N) is 1. The van der Waals surface area contributed by atoms with Crippen molar-refractivity contribution < 1.29 is 14.7 Å². The largest absolute Gasteiger partial charge is 0.391 e. The van der Waals surface area contributed by atoms with Crippen LogP contribution in [0.4, 0.5) is 0 Å². The fourth-order valence-electron chi connectivity index (χ4n) is 4.39. The molecule has 7 nitrogen and oxygen atoms in total. The Bertz CT molecular complexity index is 1090. The highest BCUT2D eigenvalue weighted by Crippen LogP contribution is 2.38. The summed E-state index contributed by atoms with van der Waals surface area (Å²) in [4.78, 5) is 25.6. The molecule has 2 aliphatic rings. The van der Waals surface area contributed by atoms with Gasteiger partial charge in [-0.1, -0.05) is 97.6 Å². The molecule has 268 valence electrons. The Morgan fingerprint density at radius 3 is 2.06 bits per heavy atom. The number of amides is 2. The van der Waals surface area contributed by atoms with Crippen molar-refractivity contribution in [1.29, 1.82) is 0 Å². The van der Waals surface area contributed by atoms with Gasteiger partial charge < -0.3 is 20.3 Å². The van der Waals surface area contributed by atoms with E-state index in [1.54, 1.807) is 16.7 Å². The van der Waals surface area contributed by atoms with Crippen LogP contribution in [0.2, 0.25) is 0 Å². The third kappa shape index (κ3) is 21.0. The molecule has 8 heteroatoms. The van der Waals surface area contributed by atoms with Gasteiger partial charge >= 0.3 is 0 Å². The third-order valence-electron chi connectivity index (χ3n) is 6.77. The minimum Gasteiger partial charge on any atom is -0.391 e. The maximum absolute atomic E-state index is 12.2. The van der Waals surface area contributed by atoms with Gasteiger partial charge in [-0.15, -0.1) is 0 Å². The predicted molar refractivity (Wildman–Crippen MR) is 205 cm³/mol. The molecule has 2 fully saturated rings. The maximum Gasteiger partial charge on any atom is 0.243 e. The van der Waals surface area contributed by atoms with Gasteiger partial charge in [-0.2, -0.15) is 0 Å². The van der Waals surface area contributed by atoms with Crippen LogP contribution in [-0.2, 0) is 9.59 Å². The number of likely N-dealkylation sites (tertiary alicyclic amines) is 1. The van der Waals surface area contributed by atoms with Gasteiger partial charge in [0.15, 0.2) is 0 Å². The lowest BCUT2D eigenvalue weighted by Crippen LogP contribution is -2.42. The number of carbonyl (C=O) groups is 2. The number of nitrogens with zero attached hydrogens (tertiary/aromatic N) is 2. The Morgan fingerprint density at radius 2 is 1.66 bits per heavy atom. The smallest absolute Gasteiger partial charge is 0.243 e. The van der Waals surface area contributed by atoms with Crippen LogP contribution in [0, 0.1) is 23.0 Å². The van der Waals surface area contributed by atoms with Crippen molar-refractivity contribution in [3.8, 4) is 11.2 Å². The van der Waals surface area contributed by atoms with Crippen LogP contribution < -0.4 is 10.7 Å². The highest BCUT2D eigenvalue weighted by molar-refractivity contribution is 8.12. The average Bonchev–Trinajstić information content (AvgIpc) is 3.82. The Balaban J connectivity index is 0. The van der Waals surface area contributed by atoms with E-state index in [1.165, 1.54) is 28.9 Å². The van der Waals surface area contributed by atoms with Crippen molar-refractivity contribution in [2.24, 2.45) is 11.8 Å². The summed E-state index contributed by atoms with van der Waals surface area (Å²) in [6.45, 7) is 26.2. The molecule has 2 unspecified atom stereocenters. The Morgan fingerprint density at radius 1 is 1.09 bits per heavy atom. The molecule has 3 rings (SSSR count). The van der Waals surface area contributed by atoms with E-state index in [0.29, 0.717) is 26.1 Å². The molecule has 0 bridgehead atoms. The van der Waals surface area contributed by atoms with Crippen LogP contribution >= 0.6 is 11.8 Å². The van der Waals surface area contributed by atoms with Crippen LogP contribution in [0.3, 0.4) is 0 Å². The molecule has 47 heavy (non-hydrogen) atoms. The van der Waals surface area contributed by atoms with Gasteiger partial charge in [0.2, 0.25) is 12.3 Å². The molecule has 3 N–H and O–H groups in total. The second kappa shape index (κ2) is 28.3. The van der Waals surface area contributed by atoms with Crippen molar-refractivity contribution in [1.82, 2.24) is 20.7 Å². The van der Waals surface area contributed by atoms with Gasteiger partial charge in [0.25, 0.3) is 0 Å². The van der Waals surface area contributed by atoms with Gasteiger partial charge in [-0.25, -0.2) is 5.43 Å². The fourth-order valence-corrected chi connectivity index (χ4v) is 5.06. The number of hydrogen-bond donors (Lipinski definition) is 3. The third-order valence-corrected chi connectivity index (χ3v) is 7.93. The lowest BCUT2D eigenvalue weighted by Gasteiger charge is -2.24. The number of nitrogens with one attached hydrogen (secondary N) is 2. The minimum atomic E-state index is -0.348. The molecule has 1 aliphatic heterocycles. The molecule has 1 saturated carbocycles. The second-order valence-corrected chi connectivity index (χ2v) is 12.8. The molecular formula is C39H68N4O3S. The number of thioether (sulfide) groups is 1. The standard InChI is InChI=1S/C16H19NOS.C15H27N3O2.C4H10.2C2H6/c1-5-10-19-16(12(2)3)15-8-6-14(7-9-15)13(4)17-11-18;1-3-4-13(12-5-6-12)9-18(16-2)11-15(20)17-8-7-14(19)10-17;1-4(2)3;2*1-2/h6-9,11,13H,1-4H3,(H,17,18);9,12,14,16,19H,3-8,10-11H2,1-2H3;4H,1-3H3;2*1-2H3/b;13-9+;;;. The number of aliphatic hydroxyl groups excluding tert-OH is 1. The zero-order valence-corrected chi connectivity index (χ0v) is 32.8. The summed E-state index contributed by atoms with van der Waals surface area (Å²) < 4.78 is 0. The molecule has 2 amide bonds. The molecule has 1 saturated heterocycles. The van der Waals surface area contributed by atoms with Crippen molar-refractivity contribution in [2.45, 2.75) is 127 Å². The van der Waals surface area contributed by atoms with E-state index in [9.17, 15) is 14.7 Å². The molecule has 1 aromatic rings. The van der Waals surface area contributed by atoms with Gasteiger partial charge in [-0.3, -0.25) is 9.59 Å². The molecule has 1 aromatic carbocycles. The van der Waals surface area contributed by atoms with Gasteiger partial charge in [0.1, 0.15) is 6.54 Å². The number of aliphatic hydroxyl groups is 1. The van der Waals surface area contributed by atoms with Crippen molar-refractivity contribution in [2.75, 3.05) is 26.7 Å². The summed E-state index contributed by atoms with van der Waals surface area (Å²) in [5.41, 5.74) is 8.05. The molecular weight excluding hydrogens is 605 g/mol. The summed E-state index contributed by atoms with van der Waals surface area (Å²) >= 11 is 1.55. The zero-order chi connectivity index (χ0) is 36.4. The monoisotopic (exact) mass is 673 g/mol. The highest BCUT2D eigenvalue weighted by Gasteiger charge is 2.27. The fraction of sp³-hybridized carbons (Fsp3) is 0.641.